The molecule has 0 unspecified atom stereocenters. The zero-order chi connectivity index (χ0) is 22.2. The van der Waals surface area contributed by atoms with Gasteiger partial charge < -0.3 is 5.32 Å². The van der Waals surface area contributed by atoms with Crippen molar-refractivity contribution < 1.29 is 14.0 Å². The van der Waals surface area contributed by atoms with E-state index in [1.807, 2.05) is 36.4 Å². The predicted octanol–water partition coefficient (Wildman–Crippen LogP) is 4.34. The second kappa shape index (κ2) is 8.05. The number of nitrogens with zero attached hydrogens (tertiary/aromatic N) is 4. The number of hydrogen-bond acceptors (Lipinski definition) is 4. The van der Waals surface area contributed by atoms with E-state index in [2.05, 4.69) is 15.3 Å². The van der Waals surface area contributed by atoms with Crippen LogP contribution in [0.1, 0.15) is 18.2 Å². The summed E-state index contributed by atoms with van der Waals surface area (Å²) in [4.78, 5) is 36.6. The molecule has 0 fully saturated rings. The Bertz CT molecular complexity index is 1340. The maximum Gasteiger partial charge on any atom is 0.253 e. The van der Waals surface area contributed by atoms with Crippen molar-refractivity contribution in [1.29, 1.82) is 0 Å². The van der Waals surface area contributed by atoms with E-state index in [1.165, 1.54) is 18.2 Å². The lowest BCUT2D eigenvalue weighted by Crippen LogP contribution is -2.31. The minimum atomic E-state index is -0.767. The first-order chi connectivity index (χ1) is 15.5. The summed E-state index contributed by atoms with van der Waals surface area (Å²) in [5.74, 6) is -0.731. The first kappa shape index (κ1) is 20.1. The number of benzene rings is 2. The van der Waals surface area contributed by atoms with Crippen LogP contribution in [0.25, 0.3) is 11.0 Å². The summed E-state index contributed by atoms with van der Waals surface area (Å²) in [6.45, 7) is 0.245. The van der Waals surface area contributed by atoms with Crippen molar-refractivity contribution in [3.63, 3.8) is 0 Å². The molecule has 0 radical (unpaired) electrons. The maximum atomic E-state index is 13.4. The summed E-state index contributed by atoms with van der Waals surface area (Å²) in [7, 11) is 0. The summed E-state index contributed by atoms with van der Waals surface area (Å²) < 4.78 is 15.2. The highest BCUT2D eigenvalue weighted by Crippen LogP contribution is 2.37. The first-order valence-electron chi connectivity index (χ1n) is 9.94. The number of pyridine rings is 1. The Morgan fingerprint density at radius 3 is 2.72 bits per heavy atom. The Hall–Kier alpha value is -3.78. The van der Waals surface area contributed by atoms with E-state index >= 15 is 0 Å². The van der Waals surface area contributed by atoms with Gasteiger partial charge >= 0.3 is 0 Å². The van der Waals surface area contributed by atoms with Gasteiger partial charge in [-0.3, -0.25) is 24.0 Å². The Labute approximate surface area is 187 Å². The van der Waals surface area contributed by atoms with Crippen LogP contribution in [0, 0.1) is 5.82 Å². The normalized spacial score (nSPS) is 15.2. The van der Waals surface area contributed by atoms with E-state index in [9.17, 15) is 14.0 Å². The number of imidazole rings is 1. The van der Waals surface area contributed by atoms with Crippen LogP contribution in [0.2, 0.25) is 5.02 Å². The molecule has 1 atom stereocenters. The molecule has 2 aromatic heterocycles. The Balaban J connectivity index is 1.46. The van der Waals surface area contributed by atoms with Gasteiger partial charge in [-0.05, 0) is 42.5 Å². The molecule has 0 saturated carbocycles. The maximum absolute atomic E-state index is 13.4. The van der Waals surface area contributed by atoms with Gasteiger partial charge in [0, 0.05) is 11.9 Å². The minimum absolute atomic E-state index is 0.0934. The number of fused-ring (bicyclic) bond motifs is 3. The lowest BCUT2D eigenvalue weighted by atomic mass is 10.1. The third kappa shape index (κ3) is 3.58. The van der Waals surface area contributed by atoms with Gasteiger partial charge in [0.15, 0.2) is 0 Å². The van der Waals surface area contributed by atoms with Gasteiger partial charge in [0.25, 0.3) is 5.91 Å². The topological polar surface area (TPSA) is 80.1 Å². The molecule has 2 aromatic carbocycles. The summed E-state index contributed by atoms with van der Waals surface area (Å²) in [6.07, 6.45) is 1.55. The largest absolute Gasteiger partial charge is 0.326 e. The molecule has 1 aliphatic rings. The van der Waals surface area contributed by atoms with Crippen LogP contribution < -0.4 is 10.2 Å². The number of anilines is 2. The third-order valence-electron chi connectivity index (χ3n) is 5.31. The summed E-state index contributed by atoms with van der Waals surface area (Å²) in [5.41, 5.74) is 2.57. The number of carbonyl (C=O) groups excluding carboxylic acids is 2. The predicted molar refractivity (Wildman–Crippen MR) is 119 cm³/mol. The number of aromatic nitrogens is 3. The number of halogens is 2. The summed E-state index contributed by atoms with van der Waals surface area (Å²) in [6, 6.07) is 16.1. The zero-order valence-electron chi connectivity index (χ0n) is 16.7. The molecule has 1 N–H and O–H groups in total. The number of hydrogen-bond donors (Lipinski definition) is 1. The first-order valence-corrected chi connectivity index (χ1v) is 10.3. The molecule has 2 amide bonds. The van der Waals surface area contributed by atoms with Crippen LogP contribution in [0.5, 0.6) is 0 Å². The van der Waals surface area contributed by atoms with Crippen LogP contribution >= 0.6 is 11.6 Å². The van der Waals surface area contributed by atoms with Crippen molar-refractivity contribution in [2.24, 2.45) is 0 Å². The SMILES string of the molecule is O=C(C[C@H]1C(=O)N(Cc2ccccn2)c2nc3ccccc3n21)Nc1ccc(F)c(Cl)c1. The Kier molecular flexibility index (Phi) is 5.07. The molecule has 7 nitrogen and oxygen atoms in total. The molecular formula is C23H17ClFN5O2. The average molecular weight is 450 g/mol. The average Bonchev–Trinajstić information content (AvgIpc) is 3.28. The smallest absolute Gasteiger partial charge is 0.253 e. The van der Waals surface area contributed by atoms with Crippen LogP contribution in [0.3, 0.4) is 0 Å². The molecule has 1 aliphatic heterocycles. The fourth-order valence-corrected chi connectivity index (χ4v) is 4.04. The molecule has 0 bridgehead atoms. The fourth-order valence-electron chi connectivity index (χ4n) is 3.86. The fraction of sp³-hybridized carbons (Fsp3) is 0.130. The number of amides is 2. The molecule has 0 saturated heterocycles. The van der Waals surface area contributed by atoms with Gasteiger partial charge in [-0.25, -0.2) is 9.37 Å². The van der Waals surface area contributed by atoms with Gasteiger partial charge in [-0.15, -0.1) is 0 Å². The summed E-state index contributed by atoms with van der Waals surface area (Å²) in [5, 5.41) is 2.59. The van der Waals surface area contributed by atoms with E-state index in [1.54, 1.807) is 21.7 Å². The highest BCUT2D eigenvalue weighted by molar-refractivity contribution is 6.31. The van der Waals surface area contributed by atoms with Crippen molar-refractivity contribution in [2.45, 2.75) is 19.0 Å². The number of carbonyl (C=O) groups is 2. The second-order valence-corrected chi connectivity index (χ2v) is 7.82. The highest BCUT2D eigenvalue weighted by Gasteiger charge is 2.41. The van der Waals surface area contributed by atoms with Crippen LogP contribution in [0.15, 0.2) is 66.9 Å². The van der Waals surface area contributed by atoms with Gasteiger partial charge in [-0.2, -0.15) is 0 Å². The Morgan fingerprint density at radius 1 is 1.12 bits per heavy atom. The van der Waals surface area contributed by atoms with Gasteiger partial charge in [-0.1, -0.05) is 29.8 Å². The van der Waals surface area contributed by atoms with Gasteiger partial charge in [0.2, 0.25) is 11.9 Å². The Morgan fingerprint density at radius 2 is 1.94 bits per heavy atom. The monoisotopic (exact) mass is 449 g/mol. The molecule has 9 heteroatoms. The molecule has 32 heavy (non-hydrogen) atoms. The van der Waals surface area contributed by atoms with Gasteiger partial charge in [0.1, 0.15) is 11.9 Å². The number of para-hydroxylation sites is 2. The van der Waals surface area contributed by atoms with Crippen molar-refractivity contribution in [1.82, 2.24) is 14.5 Å². The molecule has 160 valence electrons. The molecular weight excluding hydrogens is 433 g/mol. The van der Waals surface area contributed by atoms with Crippen LogP contribution in [-0.2, 0) is 16.1 Å². The molecule has 3 heterocycles. The second-order valence-electron chi connectivity index (χ2n) is 7.41. The molecule has 5 rings (SSSR count). The highest BCUT2D eigenvalue weighted by atomic mass is 35.5. The van der Waals surface area contributed by atoms with Gasteiger partial charge in [0.05, 0.1) is 34.7 Å². The summed E-state index contributed by atoms with van der Waals surface area (Å²) >= 11 is 5.80. The third-order valence-corrected chi connectivity index (χ3v) is 5.60. The van der Waals surface area contributed by atoms with E-state index in [0.29, 0.717) is 17.3 Å². The molecule has 0 spiro atoms. The quantitative estimate of drug-likeness (QED) is 0.491. The van der Waals surface area contributed by atoms with E-state index in [0.717, 1.165) is 11.0 Å². The number of nitrogens with one attached hydrogen (secondary N) is 1. The van der Waals surface area contributed by atoms with Crippen molar-refractivity contribution in [3.8, 4) is 0 Å². The van der Waals surface area contributed by atoms with E-state index in [-0.39, 0.29) is 23.9 Å². The zero-order valence-corrected chi connectivity index (χ0v) is 17.5. The van der Waals surface area contributed by atoms with Crippen molar-refractivity contribution in [2.75, 3.05) is 10.2 Å². The standard InChI is InChI=1S/C23H17ClFN5O2/c24-16-11-14(8-9-17(16)25)27-21(31)12-20-22(32)29(13-15-5-3-4-10-26-15)23-28-18-6-1-2-7-19(18)30(20)23/h1-11,20H,12-13H2,(H,27,31)/t20-/m0/s1. The number of rotatable bonds is 5. The minimum Gasteiger partial charge on any atom is -0.326 e. The van der Waals surface area contributed by atoms with Crippen molar-refractivity contribution >= 4 is 46.1 Å². The molecule has 4 aromatic rings. The van der Waals surface area contributed by atoms with Crippen LogP contribution in [-0.4, -0.2) is 26.3 Å². The van der Waals surface area contributed by atoms with Crippen molar-refractivity contribution in [3.05, 3.63) is 83.4 Å². The molecule has 0 aliphatic carbocycles. The van der Waals surface area contributed by atoms with E-state index in [4.69, 9.17) is 11.6 Å². The lowest BCUT2D eigenvalue weighted by Gasteiger charge is -2.15. The van der Waals surface area contributed by atoms with Crippen LogP contribution in [0.4, 0.5) is 16.0 Å². The lowest BCUT2D eigenvalue weighted by molar-refractivity contribution is -0.124. The van der Waals surface area contributed by atoms with E-state index < -0.39 is 17.8 Å².